The van der Waals surface area contributed by atoms with Crippen molar-refractivity contribution in [3.63, 3.8) is 0 Å². The van der Waals surface area contributed by atoms with Gasteiger partial charge in [0.15, 0.2) is 5.82 Å². The van der Waals surface area contributed by atoms with Gasteiger partial charge in [-0.25, -0.2) is 0 Å². The minimum Gasteiger partial charge on any atom is -0.368 e. The van der Waals surface area contributed by atoms with E-state index in [0.29, 0.717) is 25.1 Å². The second kappa shape index (κ2) is 9.09. The quantitative estimate of drug-likeness (QED) is 0.444. The van der Waals surface area contributed by atoms with Gasteiger partial charge in [-0.05, 0) is 60.7 Å². The van der Waals surface area contributed by atoms with E-state index in [1.54, 1.807) is 7.05 Å². The zero-order valence-corrected chi connectivity index (χ0v) is 20.0. The number of nitrogens with one attached hydrogen (secondary N) is 1. The Hall–Kier alpha value is -2.99. The van der Waals surface area contributed by atoms with Crippen LogP contribution in [0.2, 0.25) is 0 Å². The Balaban J connectivity index is 1.50. The van der Waals surface area contributed by atoms with E-state index >= 15 is 0 Å². The molecule has 1 N–H and O–H groups in total. The van der Waals surface area contributed by atoms with E-state index in [0.717, 1.165) is 17.7 Å². The van der Waals surface area contributed by atoms with Crippen molar-refractivity contribution in [3.8, 4) is 0 Å². The molecule has 5 rings (SSSR count). The van der Waals surface area contributed by atoms with Gasteiger partial charge in [-0.2, -0.15) is 31.1 Å². The third-order valence-electron chi connectivity index (χ3n) is 7.35. The zero-order valence-electron chi connectivity index (χ0n) is 20.0. The van der Waals surface area contributed by atoms with E-state index in [2.05, 4.69) is 20.7 Å². The Morgan fingerprint density at radius 2 is 1.65 bits per heavy atom. The predicted octanol–water partition coefficient (Wildman–Crippen LogP) is 5.53. The molecule has 2 aliphatic heterocycles. The molecule has 37 heavy (non-hydrogen) atoms. The van der Waals surface area contributed by atoms with Gasteiger partial charge in [-0.3, -0.25) is 0 Å². The van der Waals surface area contributed by atoms with Crippen molar-refractivity contribution in [1.82, 2.24) is 25.5 Å². The minimum absolute atomic E-state index is 0.0185. The molecule has 0 spiro atoms. The summed E-state index contributed by atoms with van der Waals surface area (Å²) in [4.78, 5) is 1.38. The topological polar surface area (TPSA) is 64.9 Å². The summed E-state index contributed by atoms with van der Waals surface area (Å²) in [5.74, 6) is 0.502. The van der Waals surface area contributed by atoms with Crippen LogP contribution in [-0.2, 0) is 29.7 Å². The highest BCUT2D eigenvalue weighted by atomic mass is 19.4. The van der Waals surface area contributed by atoms with Crippen LogP contribution in [0.15, 0.2) is 48.5 Å². The monoisotopic (exact) mass is 525 g/mol. The van der Waals surface area contributed by atoms with Crippen molar-refractivity contribution in [3.05, 3.63) is 76.6 Å². The van der Waals surface area contributed by atoms with Crippen molar-refractivity contribution in [2.24, 2.45) is 7.05 Å². The molecular formula is C25H25F6N5O. The minimum atomic E-state index is -4.93. The van der Waals surface area contributed by atoms with Crippen LogP contribution in [0.25, 0.3) is 0 Å². The van der Waals surface area contributed by atoms with Gasteiger partial charge >= 0.3 is 12.4 Å². The van der Waals surface area contributed by atoms with E-state index < -0.39 is 41.2 Å². The molecule has 0 radical (unpaired) electrons. The summed E-state index contributed by atoms with van der Waals surface area (Å²) in [5, 5.41) is 16.2. The lowest BCUT2D eigenvalue weighted by Gasteiger charge is -2.43. The first kappa shape index (κ1) is 25.7. The highest BCUT2D eigenvalue weighted by molar-refractivity contribution is 5.36. The predicted molar refractivity (Wildman–Crippen MR) is 120 cm³/mol. The first-order valence-electron chi connectivity index (χ1n) is 11.9. The lowest BCUT2D eigenvalue weighted by atomic mass is 9.79. The lowest BCUT2D eigenvalue weighted by Crippen LogP contribution is -2.54. The van der Waals surface area contributed by atoms with Gasteiger partial charge in [-0.1, -0.05) is 30.3 Å². The largest absolute Gasteiger partial charge is 0.416 e. The summed E-state index contributed by atoms with van der Waals surface area (Å²) < 4.78 is 86.9. The SMILES string of the molecule is C[C@@H](O[C@@H]1CC[C@@H]2N[C@@]1(c1ccccc1)C[C@H]2c1nnn(C)n1)c1cc(C(F)(F)F)cc(C(F)(F)F)c1. The Labute approximate surface area is 209 Å². The van der Waals surface area contributed by atoms with Crippen molar-refractivity contribution < 1.29 is 31.1 Å². The van der Waals surface area contributed by atoms with Crippen LogP contribution in [-0.4, -0.2) is 32.4 Å². The third-order valence-corrected chi connectivity index (χ3v) is 7.35. The van der Waals surface area contributed by atoms with Crippen molar-refractivity contribution >= 4 is 0 Å². The molecule has 2 fully saturated rings. The van der Waals surface area contributed by atoms with Crippen LogP contribution in [0.3, 0.4) is 0 Å². The maximum absolute atomic E-state index is 13.4. The van der Waals surface area contributed by atoms with Crippen molar-refractivity contribution in [2.75, 3.05) is 0 Å². The summed E-state index contributed by atoms with van der Waals surface area (Å²) >= 11 is 0. The molecule has 3 aromatic rings. The van der Waals surface area contributed by atoms with Gasteiger partial charge in [0.25, 0.3) is 0 Å². The van der Waals surface area contributed by atoms with E-state index in [1.807, 2.05) is 30.3 Å². The van der Waals surface area contributed by atoms with Gasteiger partial charge in [0.2, 0.25) is 0 Å². The highest BCUT2D eigenvalue weighted by Gasteiger charge is 2.56. The smallest absolute Gasteiger partial charge is 0.368 e. The fraction of sp³-hybridized carbons (Fsp3) is 0.480. The summed E-state index contributed by atoms with van der Waals surface area (Å²) in [6.07, 6.45) is -9.63. The van der Waals surface area contributed by atoms with Gasteiger partial charge < -0.3 is 10.1 Å². The Morgan fingerprint density at radius 3 is 2.22 bits per heavy atom. The van der Waals surface area contributed by atoms with Crippen LogP contribution < -0.4 is 5.32 Å². The van der Waals surface area contributed by atoms with Gasteiger partial charge in [0.05, 0.1) is 35.9 Å². The molecule has 0 saturated carbocycles. The standard InChI is InChI=1S/C25H25F6N5O/c1-14(15-10-17(24(26,27)28)12-18(11-15)25(29,30)31)37-21-9-8-20-19(22-33-35-36(2)34-22)13-23(21,32-20)16-6-4-3-5-7-16/h3-7,10-12,14,19-21,32H,8-9,13H2,1-2H3/t14-,19-,20+,21-,23-/m1/s1. The molecule has 0 aliphatic carbocycles. The summed E-state index contributed by atoms with van der Waals surface area (Å²) in [7, 11) is 1.68. The number of ether oxygens (including phenoxy) is 1. The number of benzene rings is 2. The Kier molecular flexibility index (Phi) is 6.30. The molecule has 6 nitrogen and oxygen atoms in total. The number of tetrazole rings is 1. The molecule has 2 aromatic carbocycles. The van der Waals surface area contributed by atoms with E-state index in [-0.39, 0.29) is 23.6 Å². The zero-order chi connectivity index (χ0) is 26.6. The molecule has 0 amide bonds. The molecule has 2 aliphatic rings. The van der Waals surface area contributed by atoms with Crippen LogP contribution in [0.5, 0.6) is 0 Å². The molecule has 2 saturated heterocycles. The number of hydrogen-bond acceptors (Lipinski definition) is 5. The normalized spacial score (nSPS) is 26.9. The first-order chi connectivity index (χ1) is 17.4. The molecule has 3 heterocycles. The average molecular weight is 525 g/mol. The second-order valence-corrected chi connectivity index (χ2v) is 9.72. The lowest BCUT2D eigenvalue weighted by molar-refractivity contribution is -0.143. The number of nitrogens with zero attached hydrogens (tertiary/aromatic N) is 4. The Bertz CT molecular complexity index is 1230. The summed E-state index contributed by atoms with van der Waals surface area (Å²) in [6, 6.07) is 11.1. The molecular weight excluding hydrogens is 500 g/mol. The molecule has 5 atom stereocenters. The van der Waals surface area contributed by atoms with Gasteiger partial charge in [0.1, 0.15) is 0 Å². The molecule has 0 unspecified atom stereocenters. The number of piperidine rings is 1. The number of halogens is 6. The molecule has 2 bridgehead atoms. The molecule has 12 heteroatoms. The van der Waals surface area contributed by atoms with Crippen molar-refractivity contribution in [2.45, 2.75) is 68.2 Å². The van der Waals surface area contributed by atoms with Crippen LogP contribution >= 0.6 is 0 Å². The van der Waals surface area contributed by atoms with Gasteiger partial charge in [-0.15, -0.1) is 10.2 Å². The number of alkyl halides is 6. The van der Waals surface area contributed by atoms with E-state index in [1.165, 1.54) is 11.7 Å². The average Bonchev–Trinajstić information content (AvgIpc) is 3.41. The molecule has 198 valence electrons. The number of aryl methyl sites for hydroxylation is 1. The summed E-state index contributed by atoms with van der Waals surface area (Å²) in [5.41, 5.74) is -2.71. The summed E-state index contributed by atoms with van der Waals surface area (Å²) in [6.45, 7) is 1.48. The number of aromatic nitrogens is 4. The number of fused-ring (bicyclic) bond motifs is 2. The second-order valence-electron chi connectivity index (χ2n) is 9.72. The first-order valence-corrected chi connectivity index (χ1v) is 11.9. The fourth-order valence-electron chi connectivity index (χ4n) is 5.62. The number of hydrogen-bond donors (Lipinski definition) is 1. The van der Waals surface area contributed by atoms with Crippen molar-refractivity contribution in [1.29, 1.82) is 0 Å². The van der Waals surface area contributed by atoms with Gasteiger partial charge in [0, 0.05) is 12.0 Å². The maximum atomic E-state index is 13.4. The van der Waals surface area contributed by atoms with E-state index in [4.69, 9.17) is 4.74 Å². The highest BCUT2D eigenvalue weighted by Crippen LogP contribution is 2.51. The Morgan fingerprint density at radius 1 is 1.00 bits per heavy atom. The molecule has 1 aromatic heterocycles. The fourth-order valence-corrected chi connectivity index (χ4v) is 5.62. The maximum Gasteiger partial charge on any atom is 0.416 e. The van der Waals surface area contributed by atoms with Crippen LogP contribution in [0.1, 0.15) is 66.3 Å². The van der Waals surface area contributed by atoms with E-state index in [9.17, 15) is 26.3 Å². The van der Waals surface area contributed by atoms with Crippen LogP contribution in [0, 0.1) is 0 Å². The number of rotatable bonds is 5. The van der Waals surface area contributed by atoms with Crippen LogP contribution in [0.4, 0.5) is 26.3 Å². The third kappa shape index (κ3) is 4.84.